The van der Waals surface area contributed by atoms with Gasteiger partial charge in [-0.25, -0.2) is 4.98 Å². The second kappa shape index (κ2) is 5.91. The van der Waals surface area contributed by atoms with Crippen LogP contribution in [0.15, 0.2) is 18.2 Å². The van der Waals surface area contributed by atoms with Gasteiger partial charge >= 0.3 is 0 Å². The molecule has 116 valence electrons. The Balaban J connectivity index is 1.80. The summed E-state index contributed by atoms with van der Waals surface area (Å²) in [5.41, 5.74) is 3.85. The van der Waals surface area contributed by atoms with Crippen LogP contribution in [0.25, 0.3) is 0 Å². The lowest BCUT2D eigenvalue weighted by Crippen LogP contribution is -2.32. The zero-order valence-corrected chi connectivity index (χ0v) is 13.4. The van der Waals surface area contributed by atoms with E-state index in [9.17, 15) is 4.79 Å². The van der Waals surface area contributed by atoms with E-state index in [1.165, 1.54) is 16.7 Å². The molecule has 0 saturated carbocycles. The van der Waals surface area contributed by atoms with E-state index in [-0.39, 0.29) is 18.4 Å². The van der Waals surface area contributed by atoms with E-state index < -0.39 is 0 Å². The van der Waals surface area contributed by atoms with Gasteiger partial charge in [0.1, 0.15) is 5.82 Å². The van der Waals surface area contributed by atoms with Crippen LogP contribution in [-0.4, -0.2) is 32.5 Å². The lowest BCUT2D eigenvalue weighted by Gasteiger charge is -2.26. The van der Waals surface area contributed by atoms with E-state index in [0.29, 0.717) is 5.82 Å². The molecule has 5 nitrogen and oxygen atoms in total. The van der Waals surface area contributed by atoms with Crippen LogP contribution in [0.4, 0.5) is 0 Å². The fourth-order valence-electron chi connectivity index (χ4n) is 3.23. The van der Waals surface area contributed by atoms with E-state index >= 15 is 0 Å². The van der Waals surface area contributed by atoms with Gasteiger partial charge in [0.05, 0.1) is 12.5 Å². The molecule has 0 bridgehead atoms. The molecule has 1 aromatic carbocycles. The fourth-order valence-corrected chi connectivity index (χ4v) is 3.23. The van der Waals surface area contributed by atoms with Crippen molar-refractivity contribution < 1.29 is 4.79 Å². The highest BCUT2D eigenvalue weighted by Gasteiger charge is 2.31. The average molecular weight is 298 g/mol. The summed E-state index contributed by atoms with van der Waals surface area (Å²) in [6, 6.07) is 6.54. The minimum Gasteiger partial charge on any atom is -0.335 e. The third-order valence-corrected chi connectivity index (χ3v) is 4.53. The fraction of sp³-hybridized carbons (Fsp3) is 0.471. The van der Waals surface area contributed by atoms with Crippen molar-refractivity contribution in [2.45, 2.75) is 46.1 Å². The molecule has 2 aromatic rings. The molecule has 22 heavy (non-hydrogen) atoms. The van der Waals surface area contributed by atoms with E-state index in [0.717, 1.165) is 25.2 Å². The number of hydrogen-bond donors (Lipinski definition) is 1. The molecular weight excluding hydrogens is 276 g/mol. The molecule has 1 fully saturated rings. The third-order valence-electron chi connectivity index (χ3n) is 4.53. The van der Waals surface area contributed by atoms with Gasteiger partial charge in [0.2, 0.25) is 5.91 Å². The lowest BCUT2D eigenvalue weighted by atomic mass is 9.96. The number of nitrogens with zero attached hydrogens (tertiary/aromatic N) is 3. The number of H-pyrrole nitrogens is 1. The highest BCUT2D eigenvalue weighted by molar-refractivity contribution is 5.78. The number of aromatic amines is 1. The highest BCUT2D eigenvalue weighted by atomic mass is 16.2. The summed E-state index contributed by atoms with van der Waals surface area (Å²) >= 11 is 0. The summed E-state index contributed by atoms with van der Waals surface area (Å²) < 4.78 is 0. The first kappa shape index (κ1) is 14.8. The number of benzene rings is 1. The first-order valence-electron chi connectivity index (χ1n) is 7.79. The molecule has 1 atom stereocenters. The molecule has 2 heterocycles. The van der Waals surface area contributed by atoms with Gasteiger partial charge in [-0.2, -0.15) is 5.10 Å². The Hall–Kier alpha value is -2.17. The van der Waals surface area contributed by atoms with Crippen molar-refractivity contribution in [3.05, 3.63) is 46.5 Å². The molecular formula is C17H22N4O. The second-order valence-corrected chi connectivity index (χ2v) is 6.05. The van der Waals surface area contributed by atoms with E-state index in [4.69, 9.17) is 0 Å². The van der Waals surface area contributed by atoms with Crippen LogP contribution in [0.1, 0.15) is 47.2 Å². The van der Waals surface area contributed by atoms with Crippen LogP contribution >= 0.6 is 0 Å². The van der Waals surface area contributed by atoms with Crippen molar-refractivity contribution in [3.63, 3.8) is 0 Å². The number of amides is 1. The number of carbonyl (C=O) groups excluding carboxylic acids is 1. The Labute approximate surface area is 130 Å². The van der Waals surface area contributed by atoms with Crippen molar-refractivity contribution in [2.24, 2.45) is 0 Å². The second-order valence-electron chi connectivity index (χ2n) is 6.05. The number of hydrogen-bond acceptors (Lipinski definition) is 3. The van der Waals surface area contributed by atoms with E-state index in [1.807, 2.05) is 11.8 Å². The van der Waals surface area contributed by atoms with Crippen LogP contribution in [0.3, 0.4) is 0 Å². The van der Waals surface area contributed by atoms with Gasteiger partial charge in [-0.15, -0.1) is 0 Å². The van der Waals surface area contributed by atoms with Crippen molar-refractivity contribution in [1.29, 1.82) is 0 Å². The smallest absolute Gasteiger partial charge is 0.230 e. The van der Waals surface area contributed by atoms with E-state index in [2.05, 4.69) is 47.2 Å². The molecule has 1 N–H and O–H groups in total. The molecule has 0 radical (unpaired) electrons. The van der Waals surface area contributed by atoms with Gasteiger partial charge < -0.3 is 4.90 Å². The van der Waals surface area contributed by atoms with Crippen LogP contribution in [-0.2, 0) is 11.2 Å². The number of rotatable bonds is 3. The van der Waals surface area contributed by atoms with Gasteiger partial charge in [-0.05, 0) is 50.3 Å². The van der Waals surface area contributed by atoms with Crippen LogP contribution in [0.5, 0.6) is 0 Å². The summed E-state index contributed by atoms with van der Waals surface area (Å²) in [6.07, 6.45) is 2.35. The summed E-state index contributed by atoms with van der Waals surface area (Å²) in [6.45, 7) is 6.93. The van der Waals surface area contributed by atoms with Gasteiger partial charge in [0.25, 0.3) is 0 Å². The monoisotopic (exact) mass is 298 g/mol. The summed E-state index contributed by atoms with van der Waals surface area (Å²) in [7, 11) is 0. The van der Waals surface area contributed by atoms with Crippen molar-refractivity contribution in [2.75, 3.05) is 6.54 Å². The molecule has 1 unspecified atom stereocenters. The molecule has 0 spiro atoms. The molecule has 1 amide bonds. The topological polar surface area (TPSA) is 61.9 Å². The van der Waals surface area contributed by atoms with Crippen LogP contribution in [0, 0.1) is 20.8 Å². The Morgan fingerprint density at radius 1 is 1.36 bits per heavy atom. The first-order chi connectivity index (χ1) is 10.6. The maximum atomic E-state index is 12.6. The zero-order chi connectivity index (χ0) is 15.7. The Kier molecular flexibility index (Phi) is 3.96. The lowest BCUT2D eigenvalue weighted by molar-refractivity contribution is -0.131. The van der Waals surface area contributed by atoms with E-state index in [1.54, 1.807) is 0 Å². The number of likely N-dealkylation sites (tertiary alicyclic amines) is 1. The third kappa shape index (κ3) is 2.75. The summed E-state index contributed by atoms with van der Waals surface area (Å²) in [5.74, 6) is 1.44. The standard InChI is InChI=1S/C17H22N4O/c1-11-6-4-7-14(12(11)2)15-8-5-9-21(15)17(22)10-16-18-13(3)19-20-16/h4,6-7,15H,5,8-10H2,1-3H3,(H,18,19,20). The summed E-state index contributed by atoms with van der Waals surface area (Å²) in [4.78, 5) is 18.9. The van der Waals surface area contributed by atoms with Crippen LogP contribution < -0.4 is 0 Å². The number of carbonyl (C=O) groups is 1. The number of nitrogens with one attached hydrogen (secondary N) is 1. The predicted molar refractivity (Wildman–Crippen MR) is 84.4 cm³/mol. The minimum absolute atomic E-state index is 0.113. The number of aromatic nitrogens is 3. The maximum Gasteiger partial charge on any atom is 0.230 e. The SMILES string of the molecule is Cc1nc(CC(=O)N2CCCC2c2cccc(C)c2C)n[nH]1. The molecule has 3 rings (SSSR count). The molecule has 0 aliphatic carbocycles. The van der Waals surface area contributed by atoms with Crippen LogP contribution in [0.2, 0.25) is 0 Å². The van der Waals surface area contributed by atoms with Gasteiger partial charge in [-0.1, -0.05) is 18.2 Å². The van der Waals surface area contributed by atoms with Gasteiger partial charge in [0.15, 0.2) is 5.82 Å². The van der Waals surface area contributed by atoms with Gasteiger partial charge in [-0.3, -0.25) is 9.89 Å². The Morgan fingerprint density at radius 3 is 2.91 bits per heavy atom. The zero-order valence-electron chi connectivity index (χ0n) is 13.4. The average Bonchev–Trinajstić information content (AvgIpc) is 3.11. The minimum atomic E-state index is 0.113. The van der Waals surface area contributed by atoms with Gasteiger partial charge in [0, 0.05) is 6.54 Å². The maximum absolute atomic E-state index is 12.6. The predicted octanol–water partition coefficient (Wildman–Crippen LogP) is 2.64. The normalized spacial score (nSPS) is 18.0. The molecule has 1 aromatic heterocycles. The Morgan fingerprint density at radius 2 is 2.18 bits per heavy atom. The highest BCUT2D eigenvalue weighted by Crippen LogP contribution is 2.34. The number of aryl methyl sites for hydroxylation is 2. The van der Waals surface area contributed by atoms with Crippen molar-refractivity contribution >= 4 is 5.91 Å². The summed E-state index contributed by atoms with van der Waals surface area (Å²) in [5, 5.41) is 6.87. The first-order valence-corrected chi connectivity index (χ1v) is 7.79. The van der Waals surface area contributed by atoms with Crippen molar-refractivity contribution in [1.82, 2.24) is 20.1 Å². The quantitative estimate of drug-likeness (QED) is 0.947. The molecule has 1 aliphatic rings. The Bertz CT molecular complexity index is 692. The largest absolute Gasteiger partial charge is 0.335 e. The van der Waals surface area contributed by atoms with Crippen molar-refractivity contribution in [3.8, 4) is 0 Å². The molecule has 5 heteroatoms. The molecule has 1 saturated heterocycles. The molecule has 1 aliphatic heterocycles.